The first kappa shape index (κ1) is 11.9. The Kier molecular flexibility index (Phi) is 3.31. The van der Waals surface area contributed by atoms with Gasteiger partial charge in [-0.1, -0.05) is 0 Å². The Balaban J connectivity index is 2.30. The molecule has 1 aromatic rings. The number of benzene rings is 1. The summed E-state index contributed by atoms with van der Waals surface area (Å²) in [7, 11) is 0. The zero-order valence-electron chi connectivity index (χ0n) is 9.87. The van der Waals surface area contributed by atoms with Gasteiger partial charge in [0.1, 0.15) is 11.6 Å². The van der Waals surface area contributed by atoms with Crippen LogP contribution in [0.5, 0.6) is 5.75 Å². The maximum Gasteiger partial charge on any atom is 0.257 e. The molecule has 1 aliphatic rings. The minimum absolute atomic E-state index is 0.0877. The predicted molar refractivity (Wildman–Crippen MR) is 62.6 cm³/mol. The van der Waals surface area contributed by atoms with Crippen LogP contribution in [0.1, 0.15) is 35.2 Å². The van der Waals surface area contributed by atoms with Gasteiger partial charge >= 0.3 is 0 Å². The van der Waals surface area contributed by atoms with Gasteiger partial charge in [-0.3, -0.25) is 4.79 Å². The van der Waals surface area contributed by atoms with Crippen molar-refractivity contribution < 1.29 is 14.3 Å². The Hall–Kier alpha value is -1.58. The second-order valence-corrected chi connectivity index (χ2v) is 4.47. The van der Waals surface area contributed by atoms with Crippen molar-refractivity contribution in [3.63, 3.8) is 0 Å². The molecule has 0 spiro atoms. The average molecular weight is 237 g/mol. The van der Waals surface area contributed by atoms with Crippen LogP contribution < -0.4 is 0 Å². The normalized spacial score (nSPS) is 16.0. The van der Waals surface area contributed by atoms with Gasteiger partial charge in [-0.05, 0) is 37.8 Å². The van der Waals surface area contributed by atoms with Crippen molar-refractivity contribution in [2.45, 2.75) is 26.2 Å². The number of hydrogen-bond acceptors (Lipinski definition) is 2. The molecule has 0 unspecified atom stereocenters. The van der Waals surface area contributed by atoms with E-state index in [-0.39, 0.29) is 17.2 Å². The first-order valence-electron chi connectivity index (χ1n) is 5.88. The van der Waals surface area contributed by atoms with E-state index in [9.17, 15) is 14.3 Å². The lowest BCUT2D eigenvalue weighted by Crippen LogP contribution is -2.36. The molecule has 1 heterocycles. The monoisotopic (exact) mass is 237 g/mol. The molecule has 2 rings (SSSR count). The predicted octanol–water partition coefficient (Wildman–Crippen LogP) is 2.47. The number of rotatable bonds is 1. The van der Waals surface area contributed by atoms with Gasteiger partial charge in [-0.15, -0.1) is 0 Å². The number of aromatic hydroxyl groups is 1. The Morgan fingerprint density at radius 2 is 1.94 bits per heavy atom. The van der Waals surface area contributed by atoms with Crippen molar-refractivity contribution >= 4 is 5.91 Å². The van der Waals surface area contributed by atoms with Crippen LogP contribution in [0.3, 0.4) is 0 Å². The Bertz CT molecular complexity index is 416. The number of piperidine rings is 1. The third kappa shape index (κ3) is 2.40. The topological polar surface area (TPSA) is 40.5 Å². The first-order valence-corrected chi connectivity index (χ1v) is 5.88. The van der Waals surface area contributed by atoms with Crippen LogP contribution in [-0.2, 0) is 0 Å². The van der Waals surface area contributed by atoms with Crippen molar-refractivity contribution in [3.05, 3.63) is 29.1 Å². The van der Waals surface area contributed by atoms with Crippen molar-refractivity contribution in [2.24, 2.45) is 0 Å². The van der Waals surface area contributed by atoms with Gasteiger partial charge in [-0.25, -0.2) is 4.39 Å². The lowest BCUT2D eigenvalue weighted by Gasteiger charge is -2.27. The van der Waals surface area contributed by atoms with Gasteiger partial charge in [0.05, 0.1) is 5.56 Å². The number of carbonyl (C=O) groups excluding carboxylic acids is 1. The summed E-state index contributed by atoms with van der Waals surface area (Å²) in [5, 5.41) is 9.25. The molecular formula is C13H16FNO2. The second-order valence-electron chi connectivity index (χ2n) is 4.47. The highest BCUT2D eigenvalue weighted by Gasteiger charge is 2.23. The molecule has 1 fully saturated rings. The second kappa shape index (κ2) is 4.73. The minimum atomic E-state index is -0.641. The Labute approximate surface area is 99.9 Å². The standard InChI is InChI=1S/C13H16FNO2/c1-9-7-10(16)8-11(14)12(9)13(17)15-5-3-2-4-6-15/h7-8,16H,2-6H2,1H3. The van der Waals surface area contributed by atoms with Gasteiger partial charge in [-0.2, -0.15) is 0 Å². The summed E-state index contributed by atoms with van der Waals surface area (Å²) in [5.74, 6) is -1.05. The van der Waals surface area contributed by atoms with E-state index >= 15 is 0 Å². The quantitative estimate of drug-likeness (QED) is 0.815. The lowest BCUT2D eigenvalue weighted by molar-refractivity contribution is 0.0719. The molecule has 0 aromatic heterocycles. The van der Waals surface area contributed by atoms with Crippen LogP contribution >= 0.6 is 0 Å². The molecule has 1 amide bonds. The van der Waals surface area contributed by atoms with E-state index in [0.29, 0.717) is 18.7 Å². The van der Waals surface area contributed by atoms with Gasteiger partial charge in [0, 0.05) is 19.2 Å². The molecule has 0 radical (unpaired) electrons. The minimum Gasteiger partial charge on any atom is -0.508 e. The highest BCUT2D eigenvalue weighted by molar-refractivity contribution is 5.96. The van der Waals surface area contributed by atoms with Gasteiger partial charge < -0.3 is 10.0 Å². The van der Waals surface area contributed by atoms with Crippen LogP contribution in [0.4, 0.5) is 4.39 Å². The smallest absolute Gasteiger partial charge is 0.257 e. The third-order valence-corrected chi connectivity index (χ3v) is 3.13. The van der Waals surface area contributed by atoms with Crippen LogP contribution in [0, 0.1) is 12.7 Å². The maximum absolute atomic E-state index is 13.7. The molecule has 0 aliphatic carbocycles. The van der Waals surface area contributed by atoms with Crippen LogP contribution in [0.25, 0.3) is 0 Å². The van der Waals surface area contributed by atoms with Crippen LogP contribution in [-0.4, -0.2) is 29.0 Å². The molecule has 0 atom stereocenters. The van der Waals surface area contributed by atoms with E-state index < -0.39 is 5.82 Å². The molecule has 0 bridgehead atoms. The van der Waals surface area contributed by atoms with E-state index in [0.717, 1.165) is 25.3 Å². The van der Waals surface area contributed by atoms with E-state index in [1.165, 1.54) is 6.07 Å². The van der Waals surface area contributed by atoms with Crippen molar-refractivity contribution in [1.29, 1.82) is 0 Å². The van der Waals surface area contributed by atoms with Crippen LogP contribution in [0.2, 0.25) is 0 Å². The fraction of sp³-hybridized carbons (Fsp3) is 0.462. The zero-order valence-corrected chi connectivity index (χ0v) is 9.87. The molecule has 1 aromatic carbocycles. The summed E-state index contributed by atoms with van der Waals surface area (Å²) in [6.45, 7) is 3.02. The first-order chi connectivity index (χ1) is 8.09. The molecule has 1 N–H and O–H groups in total. The number of amides is 1. The number of hydrogen-bond donors (Lipinski definition) is 1. The average Bonchev–Trinajstić information content (AvgIpc) is 2.28. The molecule has 4 heteroatoms. The van der Waals surface area contributed by atoms with E-state index in [2.05, 4.69) is 0 Å². The summed E-state index contributed by atoms with van der Waals surface area (Å²) in [6, 6.07) is 2.41. The van der Waals surface area contributed by atoms with Gasteiger partial charge in [0.15, 0.2) is 0 Å². The maximum atomic E-state index is 13.7. The molecule has 17 heavy (non-hydrogen) atoms. The van der Waals surface area contributed by atoms with Crippen molar-refractivity contribution in [3.8, 4) is 5.75 Å². The molecule has 3 nitrogen and oxygen atoms in total. The summed E-state index contributed by atoms with van der Waals surface area (Å²) in [6.07, 6.45) is 3.08. The summed E-state index contributed by atoms with van der Waals surface area (Å²) >= 11 is 0. The van der Waals surface area contributed by atoms with Gasteiger partial charge in [0.2, 0.25) is 0 Å². The van der Waals surface area contributed by atoms with Gasteiger partial charge in [0.25, 0.3) is 5.91 Å². The number of phenolic OH excluding ortho intramolecular Hbond substituents is 1. The van der Waals surface area contributed by atoms with Crippen LogP contribution in [0.15, 0.2) is 12.1 Å². The van der Waals surface area contributed by atoms with Crippen molar-refractivity contribution in [1.82, 2.24) is 4.90 Å². The SMILES string of the molecule is Cc1cc(O)cc(F)c1C(=O)N1CCCCC1. The Morgan fingerprint density at radius 3 is 2.53 bits per heavy atom. The number of nitrogens with zero attached hydrogens (tertiary/aromatic N) is 1. The summed E-state index contributed by atoms with van der Waals surface area (Å²) in [4.78, 5) is 13.8. The highest BCUT2D eigenvalue weighted by atomic mass is 19.1. The number of phenols is 1. The fourth-order valence-corrected chi connectivity index (χ4v) is 2.25. The van der Waals surface area contributed by atoms with E-state index in [1.54, 1.807) is 11.8 Å². The lowest BCUT2D eigenvalue weighted by atomic mass is 10.0. The molecule has 1 aliphatic heterocycles. The molecule has 0 saturated carbocycles. The third-order valence-electron chi connectivity index (χ3n) is 3.13. The molecule has 92 valence electrons. The summed E-state index contributed by atoms with van der Waals surface area (Å²) in [5.41, 5.74) is 0.572. The molecule has 1 saturated heterocycles. The number of carbonyl (C=O) groups is 1. The number of aryl methyl sites for hydroxylation is 1. The zero-order chi connectivity index (χ0) is 12.4. The number of halogens is 1. The highest BCUT2D eigenvalue weighted by Crippen LogP contribution is 2.22. The number of likely N-dealkylation sites (tertiary alicyclic amines) is 1. The van der Waals surface area contributed by atoms with E-state index in [4.69, 9.17) is 0 Å². The summed E-state index contributed by atoms with van der Waals surface area (Å²) < 4.78 is 13.7. The fourth-order valence-electron chi connectivity index (χ4n) is 2.25. The largest absolute Gasteiger partial charge is 0.508 e. The molecular weight excluding hydrogens is 221 g/mol. The Morgan fingerprint density at radius 1 is 1.29 bits per heavy atom. The van der Waals surface area contributed by atoms with E-state index in [1.807, 2.05) is 0 Å². The van der Waals surface area contributed by atoms with Crippen molar-refractivity contribution in [2.75, 3.05) is 13.1 Å².